The van der Waals surface area contributed by atoms with E-state index in [1.54, 1.807) is 13.0 Å². The fraction of sp³-hybridized carbons (Fsp3) is 0.375. The van der Waals surface area contributed by atoms with Crippen LogP contribution in [0.2, 0.25) is 0 Å². The van der Waals surface area contributed by atoms with Crippen LogP contribution in [0.15, 0.2) is 6.07 Å². The van der Waals surface area contributed by atoms with Crippen LogP contribution < -0.4 is 5.73 Å². The first-order valence-corrected chi connectivity index (χ1v) is 4.19. The molecule has 0 aliphatic rings. The van der Waals surface area contributed by atoms with E-state index in [4.69, 9.17) is 17.3 Å². The van der Waals surface area contributed by atoms with Crippen LogP contribution >= 0.6 is 11.6 Å². The molecule has 0 amide bonds. The van der Waals surface area contributed by atoms with Crippen molar-refractivity contribution in [2.75, 3.05) is 5.73 Å². The molecule has 0 saturated heterocycles. The van der Waals surface area contributed by atoms with Gasteiger partial charge in [0.25, 0.3) is 6.43 Å². The summed E-state index contributed by atoms with van der Waals surface area (Å²) in [6.45, 7) is 1.65. The maximum absolute atomic E-state index is 12.3. The number of aryl methyl sites for hydroxylation is 1. The van der Waals surface area contributed by atoms with Crippen LogP contribution in [0.4, 0.5) is 14.5 Å². The third-order valence-electron chi connectivity index (χ3n) is 1.69. The minimum absolute atomic E-state index is 0.0452. The largest absolute Gasteiger partial charge is 0.397 e. The van der Waals surface area contributed by atoms with Gasteiger partial charge in [-0.25, -0.2) is 13.8 Å². The standard InChI is InChI=1S/C8H9ClF2N2/c1-4-2-5(3-9)13-7(6(4)12)8(10)11/h2,8H,3,12H2,1H3. The number of anilines is 1. The smallest absolute Gasteiger partial charge is 0.282 e. The van der Waals surface area contributed by atoms with Crippen molar-refractivity contribution in [1.29, 1.82) is 0 Å². The predicted octanol–water partition coefficient (Wildman–Crippen LogP) is 2.65. The van der Waals surface area contributed by atoms with Crippen molar-refractivity contribution in [2.45, 2.75) is 19.2 Å². The number of nitrogen functional groups attached to an aromatic ring is 1. The number of aromatic nitrogens is 1. The zero-order chi connectivity index (χ0) is 10.0. The normalized spacial score (nSPS) is 10.8. The Bertz CT molecular complexity index is 315. The number of rotatable bonds is 2. The maximum atomic E-state index is 12.3. The number of hydrogen-bond acceptors (Lipinski definition) is 2. The van der Waals surface area contributed by atoms with Gasteiger partial charge in [0.2, 0.25) is 0 Å². The Labute approximate surface area is 79.7 Å². The van der Waals surface area contributed by atoms with Gasteiger partial charge in [-0.2, -0.15) is 0 Å². The Morgan fingerprint density at radius 1 is 1.62 bits per heavy atom. The minimum Gasteiger partial charge on any atom is -0.397 e. The molecule has 0 fully saturated rings. The molecule has 0 bridgehead atoms. The van der Waals surface area contributed by atoms with Gasteiger partial charge in [0.1, 0.15) is 5.69 Å². The van der Waals surface area contributed by atoms with Gasteiger partial charge in [0, 0.05) is 0 Å². The van der Waals surface area contributed by atoms with E-state index in [9.17, 15) is 8.78 Å². The highest BCUT2D eigenvalue weighted by molar-refractivity contribution is 6.16. The molecule has 0 aromatic carbocycles. The number of nitrogens with two attached hydrogens (primary N) is 1. The molecule has 0 aliphatic heterocycles. The third kappa shape index (κ3) is 2.06. The molecule has 5 heteroatoms. The second-order valence-electron chi connectivity index (χ2n) is 2.66. The highest BCUT2D eigenvalue weighted by atomic mass is 35.5. The molecule has 72 valence electrons. The molecule has 2 nitrogen and oxygen atoms in total. The lowest BCUT2D eigenvalue weighted by atomic mass is 10.1. The van der Waals surface area contributed by atoms with Gasteiger partial charge < -0.3 is 5.73 Å². The molecule has 1 aromatic rings. The lowest BCUT2D eigenvalue weighted by Gasteiger charge is -2.08. The summed E-state index contributed by atoms with van der Waals surface area (Å²) >= 11 is 5.48. The summed E-state index contributed by atoms with van der Waals surface area (Å²) in [6, 6.07) is 1.61. The van der Waals surface area contributed by atoms with Gasteiger partial charge in [-0.15, -0.1) is 11.6 Å². The van der Waals surface area contributed by atoms with Crippen molar-refractivity contribution in [3.8, 4) is 0 Å². The molecule has 0 aliphatic carbocycles. The first-order valence-electron chi connectivity index (χ1n) is 3.66. The van der Waals surface area contributed by atoms with E-state index in [0.29, 0.717) is 11.3 Å². The molecular weight excluding hydrogens is 198 g/mol. The fourth-order valence-corrected chi connectivity index (χ4v) is 1.15. The van der Waals surface area contributed by atoms with E-state index in [0.717, 1.165) is 0 Å². The number of pyridine rings is 1. The zero-order valence-corrected chi connectivity index (χ0v) is 7.78. The summed E-state index contributed by atoms with van der Waals surface area (Å²) in [4.78, 5) is 3.64. The Hall–Kier alpha value is -0.900. The van der Waals surface area contributed by atoms with E-state index in [1.165, 1.54) is 0 Å². The Kier molecular flexibility index (Phi) is 3.03. The molecule has 0 saturated carbocycles. The minimum atomic E-state index is -2.65. The summed E-state index contributed by atoms with van der Waals surface area (Å²) in [6.07, 6.45) is -2.65. The van der Waals surface area contributed by atoms with Gasteiger partial charge in [-0.3, -0.25) is 0 Å². The van der Waals surface area contributed by atoms with Gasteiger partial charge in [0.05, 0.1) is 17.3 Å². The van der Waals surface area contributed by atoms with E-state index >= 15 is 0 Å². The van der Waals surface area contributed by atoms with Crippen molar-refractivity contribution in [1.82, 2.24) is 4.98 Å². The second-order valence-corrected chi connectivity index (χ2v) is 2.93. The average molecular weight is 207 g/mol. The molecule has 1 rings (SSSR count). The third-order valence-corrected chi connectivity index (χ3v) is 1.97. The molecular formula is C8H9ClF2N2. The fourth-order valence-electron chi connectivity index (χ4n) is 1.01. The summed E-state index contributed by atoms with van der Waals surface area (Å²) in [5, 5.41) is 0. The molecule has 2 N–H and O–H groups in total. The number of nitrogens with zero attached hydrogens (tertiary/aromatic N) is 1. The molecule has 0 spiro atoms. The first kappa shape index (κ1) is 10.2. The summed E-state index contributed by atoms with van der Waals surface area (Å²) in [7, 11) is 0. The molecule has 0 radical (unpaired) electrons. The van der Waals surface area contributed by atoms with Crippen LogP contribution in [-0.2, 0) is 5.88 Å². The number of alkyl halides is 3. The zero-order valence-electron chi connectivity index (χ0n) is 7.02. The van der Waals surface area contributed by atoms with Crippen molar-refractivity contribution in [3.63, 3.8) is 0 Å². The molecule has 0 atom stereocenters. The van der Waals surface area contributed by atoms with Crippen molar-refractivity contribution < 1.29 is 8.78 Å². The molecule has 1 heterocycles. The van der Waals surface area contributed by atoms with Crippen LogP contribution in [0.1, 0.15) is 23.4 Å². The molecule has 1 aromatic heterocycles. The number of halogens is 3. The van der Waals surface area contributed by atoms with E-state index in [1.807, 2.05) is 0 Å². The van der Waals surface area contributed by atoms with E-state index in [-0.39, 0.29) is 17.3 Å². The van der Waals surface area contributed by atoms with Crippen molar-refractivity contribution in [3.05, 3.63) is 23.0 Å². The summed E-state index contributed by atoms with van der Waals surface area (Å²) in [5.41, 5.74) is 6.09. The van der Waals surface area contributed by atoms with Crippen molar-refractivity contribution >= 4 is 17.3 Å². The van der Waals surface area contributed by atoms with Gasteiger partial charge in [0.15, 0.2) is 0 Å². The number of hydrogen-bond donors (Lipinski definition) is 1. The van der Waals surface area contributed by atoms with Crippen LogP contribution in [0.5, 0.6) is 0 Å². The Morgan fingerprint density at radius 2 is 2.23 bits per heavy atom. The van der Waals surface area contributed by atoms with Gasteiger partial charge in [-0.05, 0) is 18.6 Å². The second kappa shape index (κ2) is 3.87. The average Bonchev–Trinajstić information content (AvgIpc) is 2.09. The van der Waals surface area contributed by atoms with E-state index in [2.05, 4.69) is 4.98 Å². The van der Waals surface area contributed by atoms with Gasteiger partial charge >= 0.3 is 0 Å². The SMILES string of the molecule is Cc1cc(CCl)nc(C(F)F)c1N. The van der Waals surface area contributed by atoms with Gasteiger partial charge in [-0.1, -0.05) is 0 Å². The first-order chi connectivity index (χ1) is 6.06. The quantitative estimate of drug-likeness (QED) is 0.756. The highest BCUT2D eigenvalue weighted by Crippen LogP contribution is 2.26. The molecule has 13 heavy (non-hydrogen) atoms. The highest BCUT2D eigenvalue weighted by Gasteiger charge is 2.15. The topological polar surface area (TPSA) is 38.9 Å². The summed E-state index contributed by atoms with van der Waals surface area (Å²) < 4.78 is 24.7. The van der Waals surface area contributed by atoms with Crippen LogP contribution in [0.25, 0.3) is 0 Å². The predicted molar refractivity (Wildman–Crippen MR) is 47.9 cm³/mol. The lowest BCUT2D eigenvalue weighted by Crippen LogP contribution is -2.03. The van der Waals surface area contributed by atoms with Crippen LogP contribution in [0.3, 0.4) is 0 Å². The van der Waals surface area contributed by atoms with Crippen molar-refractivity contribution in [2.24, 2.45) is 0 Å². The van der Waals surface area contributed by atoms with E-state index < -0.39 is 6.43 Å². The monoisotopic (exact) mass is 206 g/mol. The Morgan fingerprint density at radius 3 is 2.69 bits per heavy atom. The Balaban J connectivity index is 3.25. The lowest BCUT2D eigenvalue weighted by molar-refractivity contribution is 0.146. The van der Waals surface area contributed by atoms with Crippen LogP contribution in [0, 0.1) is 6.92 Å². The molecule has 0 unspecified atom stereocenters. The van der Waals surface area contributed by atoms with Crippen LogP contribution in [-0.4, -0.2) is 4.98 Å². The summed E-state index contributed by atoms with van der Waals surface area (Å²) in [5.74, 6) is 0.112. The maximum Gasteiger partial charge on any atom is 0.282 e.